The molecule has 2 aromatic rings. The van der Waals surface area contributed by atoms with Gasteiger partial charge in [-0.3, -0.25) is 0 Å². The Hall–Kier alpha value is -2.35. The fraction of sp³-hybridized carbons (Fsp3) is 0.143. The second kappa shape index (κ2) is 5.53. The summed E-state index contributed by atoms with van der Waals surface area (Å²) < 4.78 is 48.1. The molecule has 0 N–H and O–H groups in total. The van der Waals surface area contributed by atoms with Gasteiger partial charge < -0.3 is 9.15 Å². The average Bonchev–Trinajstić information content (AvgIpc) is 2.87. The van der Waals surface area contributed by atoms with Gasteiger partial charge >= 0.3 is 6.18 Å². The van der Waals surface area contributed by atoms with E-state index in [2.05, 4.69) is 10.7 Å². The molecule has 0 aliphatic rings. The zero-order chi connectivity index (χ0) is 13.7. The molecule has 1 aromatic carbocycles. The Morgan fingerprint density at radius 3 is 2.37 bits per heavy atom. The number of halogens is 3. The van der Waals surface area contributed by atoms with E-state index in [0.717, 1.165) is 0 Å². The molecule has 0 bridgehead atoms. The van der Waals surface area contributed by atoms with Gasteiger partial charge in [0.2, 0.25) is 6.10 Å². The molecule has 2 nitrogen and oxygen atoms in total. The van der Waals surface area contributed by atoms with Crippen molar-refractivity contribution >= 4 is 0 Å². The third-order valence-electron chi connectivity index (χ3n) is 2.27. The minimum atomic E-state index is -4.53. The minimum absolute atomic E-state index is 0.00347. The standard InChI is InChI=1S/C14H9F3O2/c15-14(16,17)13(11-5-2-1-3-6-11)19-10-8-12-7-4-9-18-12/h1-7,9,13H. The normalized spacial score (nSPS) is 12.4. The van der Waals surface area contributed by atoms with Crippen LogP contribution in [0.2, 0.25) is 0 Å². The molecule has 2 rings (SSSR count). The molecule has 0 fully saturated rings. The van der Waals surface area contributed by atoms with Crippen molar-refractivity contribution in [1.82, 2.24) is 0 Å². The molecule has 1 atom stereocenters. The van der Waals surface area contributed by atoms with E-state index in [-0.39, 0.29) is 11.3 Å². The average molecular weight is 266 g/mol. The number of rotatable bonds is 2. The number of furan rings is 1. The predicted octanol–water partition coefficient (Wildman–Crippen LogP) is 3.91. The third kappa shape index (κ3) is 3.55. The maximum absolute atomic E-state index is 12.9. The Balaban J connectivity index is 2.16. The highest BCUT2D eigenvalue weighted by Crippen LogP contribution is 2.35. The van der Waals surface area contributed by atoms with Gasteiger partial charge in [-0.25, -0.2) is 0 Å². The molecule has 0 saturated carbocycles. The maximum atomic E-state index is 12.9. The molecule has 98 valence electrons. The zero-order valence-corrected chi connectivity index (χ0v) is 9.65. The lowest BCUT2D eigenvalue weighted by Crippen LogP contribution is -2.22. The first-order chi connectivity index (χ1) is 9.07. The largest absolute Gasteiger partial charge is 0.456 e. The fourth-order valence-electron chi connectivity index (χ4n) is 1.44. The van der Waals surface area contributed by atoms with E-state index in [4.69, 9.17) is 4.42 Å². The van der Waals surface area contributed by atoms with Gasteiger partial charge in [0.05, 0.1) is 6.26 Å². The van der Waals surface area contributed by atoms with E-state index in [1.54, 1.807) is 12.1 Å². The summed E-state index contributed by atoms with van der Waals surface area (Å²) in [6.45, 7) is 0. The quantitative estimate of drug-likeness (QED) is 0.769. The molecule has 0 radical (unpaired) electrons. The first-order valence-electron chi connectivity index (χ1n) is 5.39. The molecule has 0 spiro atoms. The summed E-state index contributed by atoms with van der Waals surface area (Å²) in [5.41, 5.74) is 0.00347. The van der Waals surface area contributed by atoms with Crippen LogP contribution in [0.5, 0.6) is 0 Å². The molecule has 0 amide bonds. The summed E-state index contributed by atoms with van der Waals surface area (Å²) >= 11 is 0. The Labute approximate surface area is 107 Å². The van der Waals surface area contributed by atoms with Crippen LogP contribution in [0.15, 0.2) is 53.1 Å². The van der Waals surface area contributed by atoms with Crippen molar-refractivity contribution in [2.24, 2.45) is 0 Å². The van der Waals surface area contributed by atoms with E-state index in [1.165, 1.54) is 36.6 Å². The van der Waals surface area contributed by atoms with Gasteiger partial charge in [-0.05, 0) is 12.1 Å². The summed E-state index contributed by atoms with van der Waals surface area (Å²) in [6.07, 6.45) is -3.19. The molecule has 1 unspecified atom stereocenters. The van der Waals surface area contributed by atoms with E-state index in [1.807, 2.05) is 6.11 Å². The molecular weight excluding hydrogens is 257 g/mol. The van der Waals surface area contributed by atoms with Crippen LogP contribution >= 0.6 is 0 Å². The van der Waals surface area contributed by atoms with Crippen LogP contribution in [0, 0.1) is 12.0 Å². The van der Waals surface area contributed by atoms with Crippen LogP contribution in [-0.4, -0.2) is 6.18 Å². The summed E-state index contributed by atoms with van der Waals surface area (Å²) in [6, 6.07) is 10.4. The Morgan fingerprint density at radius 2 is 1.79 bits per heavy atom. The lowest BCUT2D eigenvalue weighted by Gasteiger charge is -2.18. The second-order valence-electron chi connectivity index (χ2n) is 3.65. The lowest BCUT2D eigenvalue weighted by atomic mass is 10.1. The van der Waals surface area contributed by atoms with Crippen LogP contribution in [-0.2, 0) is 4.74 Å². The van der Waals surface area contributed by atoms with Crippen molar-refractivity contribution in [1.29, 1.82) is 0 Å². The van der Waals surface area contributed by atoms with Crippen molar-refractivity contribution in [3.8, 4) is 12.0 Å². The molecule has 19 heavy (non-hydrogen) atoms. The van der Waals surface area contributed by atoms with Gasteiger partial charge in [0.15, 0.2) is 5.76 Å². The number of hydrogen-bond donors (Lipinski definition) is 0. The van der Waals surface area contributed by atoms with Crippen molar-refractivity contribution in [3.63, 3.8) is 0 Å². The Kier molecular flexibility index (Phi) is 3.81. The highest BCUT2D eigenvalue weighted by molar-refractivity contribution is 5.23. The predicted molar refractivity (Wildman–Crippen MR) is 61.9 cm³/mol. The Bertz CT molecular complexity index is 562. The molecule has 0 saturated heterocycles. The highest BCUT2D eigenvalue weighted by atomic mass is 19.4. The van der Waals surface area contributed by atoms with E-state index in [9.17, 15) is 13.2 Å². The van der Waals surface area contributed by atoms with Gasteiger partial charge in [0.1, 0.15) is 6.11 Å². The molecule has 1 heterocycles. The maximum Gasteiger partial charge on any atom is 0.430 e. The monoisotopic (exact) mass is 266 g/mol. The second-order valence-corrected chi connectivity index (χ2v) is 3.65. The van der Waals surface area contributed by atoms with Crippen molar-refractivity contribution in [2.45, 2.75) is 12.3 Å². The topological polar surface area (TPSA) is 22.4 Å². The van der Waals surface area contributed by atoms with Gasteiger partial charge in [0.25, 0.3) is 0 Å². The smallest absolute Gasteiger partial charge is 0.430 e. The van der Waals surface area contributed by atoms with E-state index in [0.29, 0.717) is 0 Å². The number of alkyl halides is 3. The van der Waals surface area contributed by atoms with Gasteiger partial charge in [0, 0.05) is 11.5 Å². The Morgan fingerprint density at radius 1 is 1.05 bits per heavy atom. The SMILES string of the molecule is FC(F)(F)C(OC#Cc1ccco1)c1ccccc1. The van der Waals surface area contributed by atoms with Crippen molar-refractivity contribution in [3.05, 3.63) is 60.1 Å². The van der Waals surface area contributed by atoms with Crippen LogP contribution < -0.4 is 0 Å². The first-order valence-corrected chi connectivity index (χ1v) is 5.39. The molecule has 5 heteroatoms. The van der Waals surface area contributed by atoms with Gasteiger partial charge in [-0.1, -0.05) is 30.3 Å². The zero-order valence-electron chi connectivity index (χ0n) is 9.65. The summed E-state index contributed by atoms with van der Waals surface area (Å²) in [7, 11) is 0. The molecular formula is C14H9F3O2. The van der Waals surface area contributed by atoms with E-state index >= 15 is 0 Å². The third-order valence-corrected chi connectivity index (χ3v) is 2.27. The first kappa shape index (κ1) is 13.1. The molecule has 0 aliphatic heterocycles. The van der Waals surface area contributed by atoms with Gasteiger partial charge in [-0.15, -0.1) is 0 Å². The van der Waals surface area contributed by atoms with Crippen molar-refractivity contribution in [2.75, 3.05) is 0 Å². The summed E-state index contributed by atoms with van der Waals surface area (Å²) in [5, 5.41) is 0. The van der Waals surface area contributed by atoms with Crippen LogP contribution in [0.4, 0.5) is 13.2 Å². The van der Waals surface area contributed by atoms with Gasteiger partial charge in [-0.2, -0.15) is 13.2 Å². The van der Waals surface area contributed by atoms with Crippen molar-refractivity contribution < 1.29 is 22.3 Å². The summed E-state index contributed by atoms with van der Waals surface area (Å²) in [5.74, 6) is 2.60. The van der Waals surface area contributed by atoms with Crippen LogP contribution in [0.3, 0.4) is 0 Å². The summed E-state index contributed by atoms with van der Waals surface area (Å²) in [4.78, 5) is 0. The molecule has 0 aliphatic carbocycles. The number of benzene rings is 1. The van der Waals surface area contributed by atoms with E-state index < -0.39 is 12.3 Å². The number of ether oxygens (including phenoxy) is 1. The lowest BCUT2D eigenvalue weighted by molar-refractivity contribution is -0.205. The molecule has 1 aromatic heterocycles. The van der Waals surface area contributed by atoms with Crippen LogP contribution in [0.1, 0.15) is 17.4 Å². The van der Waals surface area contributed by atoms with Crippen LogP contribution in [0.25, 0.3) is 0 Å². The fourth-order valence-corrected chi connectivity index (χ4v) is 1.44. The number of hydrogen-bond acceptors (Lipinski definition) is 2. The highest BCUT2D eigenvalue weighted by Gasteiger charge is 2.42. The minimum Gasteiger partial charge on any atom is -0.456 e.